The van der Waals surface area contributed by atoms with Gasteiger partial charge >= 0.3 is 0 Å². The molecule has 1 atom stereocenters. The van der Waals surface area contributed by atoms with E-state index in [1.807, 2.05) is 0 Å². The highest BCUT2D eigenvalue weighted by molar-refractivity contribution is 5.87. The van der Waals surface area contributed by atoms with Crippen molar-refractivity contribution in [3.63, 3.8) is 0 Å². The molecule has 1 aliphatic rings. The lowest BCUT2D eigenvalue weighted by atomic mass is 10.00. The molecule has 0 radical (unpaired) electrons. The molecule has 3 heteroatoms. The second-order valence-corrected chi connectivity index (χ2v) is 5.60. The number of benzene rings is 1. The Balaban J connectivity index is 2.23. The molecule has 1 aliphatic heterocycles. The van der Waals surface area contributed by atoms with Crippen molar-refractivity contribution in [1.29, 1.82) is 0 Å². The highest BCUT2D eigenvalue weighted by atomic mass is 16.5. The summed E-state index contributed by atoms with van der Waals surface area (Å²) in [5, 5.41) is 1.33. The van der Waals surface area contributed by atoms with Crippen LogP contribution in [0.1, 0.15) is 31.0 Å². The van der Waals surface area contributed by atoms with Gasteiger partial charge in [-0.25, -0.2) is 0 Å². The Bertz CT molecular complexity index is 598. The monoisotopic (exact) mass is 258 g/mol. The van der Waals surface area contributed by atoms with Crippen molar-refractivity contribution in [1.82, 2.24) is 4.57 Å². The van der Waals surface area contributed by atoms with E-state index >= 15 is 0 Å². The van der Waals surface area contributed by atoms with Gasteiger partial charge in [0.15, 0.2) is 0 Å². The minimum Gasteiger partial charge on any atom is -0.497 e. The van der Waals surface area contributed by atoms with Crippen molar-refractivity contribution in [3.8, 4) is 5.75 Å². The Morgan fingerprint density at radius 1 is 1.37 bits per heavy atom. The lowest BCUT2D eigenvalue weighted by Crippen LogP contribution is -2.19. The van der Waals surface area contributed by atoms with Crippen LogP contribution in [0.15, 0.2) is 18.2 Å². The van der Waals surface area contributed by atoms with E-state index in [4.69, 9.17) is 10.5 Å². The summed E-state index contributed by atoms with van der Waals surface area (Å²) in [4.78, 5) is 0. The molecule has 0 aliphatic carbocycles. The molecule has 19 heavy (non-hydrogen) atoms. The van der Waals surface area contributed by atoms with E-state index in [1.54, 1.807) is 7.11 Å². The molecular weight excluding hydrogens is 236 g/mol. The molecule has 0 bridgehead atoms. The summed E-state index contributed by atoms with van der Waals surface area (Å²) in [6.07, 6.45) is 4.70. The largest absolute Gasteiger partial charge is 0.497 e. The van der Waals surface area contributed by atoms with Gasteiger partial charge in [-0.2, -0.15) is 0 Å². The molecule has 2 N–H and O–H groups in total. The normalized spacial score (nSPS) is 16.4. The maximum absolute atomic E-state index is 6.04. The zero-order valence-electron chi connectivity index (χ0n) is 11.8. The summed E-state index contributed by atoms with van der Waals surface area (Å²) >= 11 is 0. The van der Waals surface area contributed by atoms with Crippen molar-refractivity contribution >= 4 is 10.9 Å². The minimum atomic E-state index is 0.198. The number of aryl methyl sites for hydroxylation is 1. The van der Waals surface area contributed by atoms with Crippen molar-refractivity contribution in [3.05, 3.63) is 29.5 Å². The minimum absolute atomic E-state index is 0.198. The van der Waals surface area contributed by atoms with Crippen LogP contribution in [-0.4, -0.2) is 17.7 Å². The molecule has 1 aromatic carbocycles. The molecule has 0 saturated heterocycles. The van der Waals surface area contributed by atoms with Gasteiger partial charge in [-0.15, -0.1) is 0 Å². The van der Waals surface area contributed by atoms with Crippen molar-refractivity contribution in [2.45, 2.75) is 45.2 Å². The van der Waals surface area contributed by atoms with Gasteiger partial charge in [0.1, 0.15) is 5.75 Å². The number of fused-ring (bicyclic) bond motifs is 3. The molecule has 1 aromatic heterocycles. The predicted molar refractivity (Wildman–Crippen MR) is 78.8 cm³/mol. The third-order valence-corrected chi connectivity index (χ3v) is 4.07. The van der Waals surface area contributed by atoms with Gasteiger partial charge in [-0.1, -0.05) is 0 Å². The van der Waals surface area contributed by atoms with Crippen LogP contribution in [-0.2, 0) is 19.4 Å². The second kappa shape index (κ2) is 4.89. The maximum atomic E-state index is 6.04. The first-order chi connectivity index (χ1) is 9.20. The molecule has 0 amide bonds. The lowest BCUT2D eigenvalue weighted by Gasteiger charge is -2.17. The van der Waals surface area contributed by atoms with E-state index in [0.29, 0.717) is 0 Å². The summed E-state index contributed by atoms with van der Waals surface area (Å²) in [6, 6.07) is 6.61. The van der Waals surface area contributed by atoms with Crippen LogP contribution in [0.25, 0.3) is 10.9 Å². The molecular formula is C16H22N2O. The highest BCUT2D eigenvalue weighted by Crippen LogP contribution is 2.33. The van der Waals surface area contributed by atoms with Gasteiger partial charge in [0.25, 0.3) is 0 Å². The summed E-state index contributed by atoms with van der Waals surface area (Å²) < 4.78 is 7.86. The SMILES string of the molecule is COc1ccc2c(c1)c(CC(C)N)c1n2CCCC1. The molecule has 2 heterocycles. The van der Waals surface area contributed by atoms with Crippen LogP contribution in [0.5, 0.6) is 5.75 Å². The smallest absolute Gasteiger partial charge is 0.119 e. The second-order valence-electron chi connectivity index (χ2n) is 5.60. The first kappa shape index (κ1) is 12.5. The van der Waals surface area contributed by atoms with Crippen LogP contribution in [0.4, 0.5) is 0 Å². The number of rotatable bonds is 3. The van der Waals surface area contributed by atoms with Crippen molar-refractivity contribution in [2.24, 2.45) is 5.73 Å². The summed E-state index contributed by atoms with van der Waals surface area (Å²) in [7, 11) is 1.72. The van der Waals surface area contributed by atoms with E-state index in [-0.39, 0.29) is 6.04 Å². The fourth-order valence-electron chi connectivity index (χ4n) is 3.24. The van der Waals surface area contributed by atoms with Gasteiger partial charge in [-0.3, -0.25) is 0 Å². The zero-order valence-corrected chi connectivity index (χ0v) is 11.8. The van der Waals surface area contributed by atoms with Crippen LogP contribution in [0.3, 0.4) is 0 Å². The van der Waals surface area contributed by atoms with Crippen LogP contribution in [0, 0.1) is 0 Å². The summed E-state index contributed by atoms with van der Waals surface area (Å²) in [6.45, 7) is 3.22. The third kappa shape index (κ3) is 2.12. The van der Waals surface area contributed by atoms with E-state index in [0.717, 1.165) is 18.7 Å². The molecule has 1 unspecified atom stereocenters. The average Bonchev–Trinajstić information content (AvgIpc) is 2.72. The van der Waals surface area contributed by atoms with Crippen LogP contribution < -0.4 is 10.5 Å². The number of ether oxygens (including phenoxy) is 1. The Morgan fingerprint density at radius 2 is 2.21 bits per heavy atom. The molecule has 0 spiro atoms. The number of nitrogens with two attached hydrogens (primary N) is 1. The van der Waals surface area contributed by atoms with Crippen LogP contribution >= 0.6 is 0 Å². The first-order valence-corrected chi connectivity index (χ1v) is 7.14. The van der Waals surface area contributed by atoms with Gasteiger partial charge in [0.05, 0.1) is 7.11 Å². The predicted octanol–water partition coefficient (Wildman–Crippen LogP) is 2.88. The molecule has 2 aromatic rings. The van der Waals surface area contributed by atoms with Crippen molar-refractivity contribution < 1.29 is 4.74 Å². The number of hydrogen-bond donors (Lipinski definition) is 1. The van der Waals surface area contributed by atoms with Gasteiger partial charge < -0.3 is 15.0 Å². The number of aromatic nitrogens is 1. The van der Waals surface area contributed by atoms with Gasteiger partial charge in [0.2, 0.25) is 0 Å². The fraction of sp³-hybridized carbons (Fsp3) is 0.500. The maximum Gasteiger partial charge on any atom is 0.119 e. The Hall–Kier alpha value is -1.48. The zero-order chi connectivity index (χ0) is 13.4. The summed E-state index contributed by atoms with van der Waals surface area (Å²) in [5.74, 6) is 0.932. The Morgan fingerprint density at radius 3 is 2.95 bits per heavy atom. The topological polar surface area (TPSA) is 40.2 Å². The quantitative estimate of drug-likeness (QED) is 0.919. The van der Waals surface area contributed by atoms with E-state index in [1.165, 1.54) is 41.4 Å². The molecule has 3 nitrogen and oxygen atoms in total. The number of nitrogens with zero attached hydrogens (tertiary/aromatic N) is 1. The standard InChI is InChI=1S/C16H22N2O/c1-11(17)9-13-14-10-12(19-2)6-7-16(14)18-8-4-3-5-15(13)18/h6-7,10-11H,3-5,8-9,17H2,1-2H3. The van der Waals surface area contributed by atoms with Gasteiger partial charge in [-0.05, 0) is 56.4 Å². The van der Waals surface area contributed by atoms with Gasteiger partial charge in [0, 0.05) is 29.2 Å². The Labute approximate surface area is 114 Å². The number of hydrogen-bond acceptors (Lipinski definition) is 2. The first-order valence-electron chi connectivity index (χ1n) is 7.14. The van der Waals surface area contributed by atoms with E-state index in [2.05, 4.69) is 29.7 Å². The van der Waals surface area contributed by atoms with Crippen LogP contribution in [0.2, 0.25) is 0 Å². The molecule has 3 rings (SSSR count). The van der Waals surface area contributed by atoms with E-state index < -0.39 is 0 Å². The molecule has 0 fully saturated rings. The highest BCUT2D eigenvalue weighted by Gasteiger charge is 2.20. The number of methoxy groups -OCH3 is 1. The van der Waals surface area contributed by atoms with Crippen molar-refractivity contribution in [2.75, 3.05) is 7.11 Å². The third-order valence-electron chi connectivity index (χ3n) is 4.07. The lowest BCUT2D eigenvalue weighted by molar-refractivity contribution is 0.415. The van der Waals surface area contributed by atoms with E-state index in [9.17, 15) is 0 Å². The average molecular weight is 258 g/mol. The molecule has 0 saturated carbocycles. The summed E-state index contributed by atoms with van der Waals surface area (Å²) in [5.41, 5.74) is 10.3. The fourth-order valence-corrected chi connectivity index (χ4v) is 3.24. The Kier molecular flexibility index (Phi) is 3.23. The molecule has 102 valence electrons.